The summed E-state index contributed by atoms with van der Waals surface area (Å²) in [4.78, 5) is 24.9. The minimum absolute atomic E-state index is 0.225. The lowest BCUT2D eigenvalue weighted by Gasteiger charge is -2.22. The highest BCUT2D eigenvalue weighted by molar-refractivity contribution is 5.93. The second-order valence-corrected chi connectivity index (χ2v) is 5.97. The van der Waals surface area contributed by atoms with Gasteiger partial charge in [0.25, 0.3) is 0 Å². The number of aromatic nitrogens is 1. The summed E-state index contributed by atoms with van der Waals surface area (Å²) in [5, 5.41) is 8.66. The molecule has 1 atom stereocenters. The number of aromatic carboxylic acids is 1. The molecule has 1 aliphatic rings. The van der Waals surface area contributed by atoms with Crippen LogP contribution in [0.15, 0.2) is 17.1 Å². The van der Waals surface area contributed by atoms with Crippen LogP contribution in [0.1, 0.15) is 16.8 Å². The molecule has 0 radical (unpaired) electrons. The van der Waals surface area contributed by atoms with E-state index in [0.717, 1.165) is 16.8 Å². The van der Waals surface area contributed by atoms with E-state index in [2.05, 4.69) is 0 Å². The minimum Gasteiger partial charge on any atom is -0.477 e. The molecule has 0 aliphatic carbocycles. The van der Waals surface area contributed by atoms with Crippen LogP contribution in [0.2, 0.25) is 0 Å². The van der Waals surface area contributed by atoms with Crippen LogP contribution in [0.5, 0.6) is 0 Å². The van der Waals surface area contributed by atoms with Gasteiger partial charge in [-0.15, -0.1) is 0 Å². The molecule has 25 heavy (non-hydrogen) atoms. The van der Waals surface area contributed by atoms with Crippen LogP contribution in [-0.2, 0) is 6.54 Å². The highest BCUT2D eigenvalue weighted by Crippen LogP contribution is 2.32. The van der Waals surface area contributed by atoms with E-state index in [1.807, 2.05) is 0 Å². The molecule has 9 heteroatoms. The van der Waals surface area contributed by atoms with Gasteiger partial charge in [-0.1, -0.05) is 0 Å². The number of fused-ring (bicyclic) bond motifs is 1. The SMILES string of the molecule is NC1CCN(c2c(F)cc3c(=O)c(C(=O)O)cn(CCF)c3c2F)C1. The Morgan fingerprint density at radius 2 is 2.12 bits per heavy atom. The molecule has 0 amide bonds. The summed E-state index contributed by atoms with van der Waals surface area (Å²) >= 11 is 0. The van der Waals surface area contributed by atoms with Crippen molar-refractivity contribution in [3.63, 3.8) is 0 Å². The highest BCUT2D eigenvalue weighted by Gasteiger charge is 2.28. The molecule has 0 spiro atoms. The van der Waals surface area contributed by atoms with Crippen molar-refractivity contribution in [3.05, 3.63) is 39.7 Å². The molecule has 2 heterocycles. The maximum absolute atomic E-state index is 15.1. The number of halogens is 3. The van der Waals surface area contributed by atoms with Crippen LogP contribution in [-0.4, -0.2) is 41.4 Å². The molecule has 0 saturated carbocycles. The van der Waals surface area contributed by atoms with Gasteiger partial charge < -0.3 is 20.3 Å². The number of benzene rings is 1. The predicted molar refractivity (Wildman–Crippen MR) is 85.9 cm³/mol. The third kappa shape index (κ3) is 2.84. The van der Waals surface area contributed by atoms with Crippen LogP contribution >= 0.6 is 0 Å². The number of aryl methyl sites for hydroxylation is 1. The van der Waals surface area contributed by atoms with E-state index in [4.69, 9.17) is 10.8 Å². The van der Waals surface area contributed by atoms with Crippen LogP contribution in [0.4, 0.5) is 18.9 Å². The molecule has 3 N–H and O–H groups in total. The Bertz CT molecular complexity index is 913. The Kier molecular flexibility index (Phi) is 4.42. The number of alkyl halides is 1. The van der Waals surface area contributed by atoms with Crippen molar-refractivity contribution in [1.82, 2.24) is 4.57 Å². The lowest BCUT2D eigenvalue weighted by Crippen LogP contribution is -2.28. The van der Waals surface area contributed by atoms with Crippen molar-refractivity contribution < 1.29 is 23.1 Å². The average Bonchev–Trinajstić information content (AvgIpc) is 2.96. The van der Waals surface area contributed by atoms with E-state index in [1.165, 1.54) is 4.90 Å². The summed E-state index contributed by atoms with van der Waals surface area (Å²) in [6.07, 6.45) is 1.44. The Hall–Kier alpha value is -2.55. The van der Waals surface area contributed by atoms with Gasteiger partial charge in [-0.3, -0.25) is 4.79 Å². The second kappa shape index (κ2) is 6.40. The minimum atomic E-state index is -1.55. The van der Waals surface area contributed by atoms with Gasteiger partial charge in [-0.05, 0) is 12.5 Å². The molecule has 134 valence electrons. The molecule has 1 aromatic heterocycles. The predicted octanol–water partition coefficient (Wildman–Crippen LogP) is 1.48. The van der Waals surface area contributed by atoms with Crippen molar-refractivity contribution in [2.24, 2.45) is 5.73 Å². The lowest BCUT2D eigenvalue weighted by molar-refractivity contribution is 0.0694. The Balaban J connectivity index is 2.33. The summed E-state index contributed by atoms with van der Waals surface area (Å²) < 4.78 is 43.4. The number of carboxylic acids is 1. The van der Waals surface area contributed by atoms with Gasteiger partial charge in [0.15, 0.2) is 5.82 Å². The van der Waals surface area contributed by atoms with Crippen LogP contribution in [0.25, 0.3) is 10.9 Å². The number of rotatable bonds is 4. The normalized spacial score (nSPS) is 17.4. The maximum atomic E-state index is 15.1. The molecule has 1 unspecified atom stereocenters. The van der Waals surface area contributed by atoms with E-state index in [1.54, 1.807) is 0 Å². The molecule has 1 aromatic carbocycles. The molecule has 1 aliphatic heterocycles. The summed E-state index contributed by atoms with van der Waals surface area (Å²) in [5.74, 6) is -3.55. The molecule has 2 aromatic rings. The standard InChI is InChI=1S/C16H16F3N3O3/c17-2-4-22-7-10(16(24)25)15(23)9-5-11(18)14(12(19)13(9)22)21-3-1-8(20)6-21/h5,7-8H,1-4,6,20H2,(H,24,25). The summed E-state index contributed by atoms with van der Waals surface area (Å²) in [5.41, 5.74) is 3.44. The van der Waals surface area contributed by atoms with Crippen molar-refractivity contribution in [2.45, 2.75) is 19.0 Å². The maximum Gasteiger partial charge on any atom is 0.341 e. The second-order valence-electron chi connectivity index (χ2n) is 5.97. The van der Waals surface area contributed by atoms with Crippen molar-refractivity contribution in [1.29, 1.82) is 0 Å². The quantitative estimate of drug-likeness (QED) is 0.867. The van der Waals surface area contributed by atoms with Crippen LogP contribution in [0.3, 0.4) is 0 Å². The number of nitrogens with zero attached hydrogens (tertiary/aromatic N) is 2. The van der Waals surface area contributed by atoms with Crippen molar-refractivity contribution in [3.8, 4) is 0 Å². The summed E-state index contributed by atoms with van der Waals surface area (Å²) in [6.45, 7) is -0.669. The van der Waals surface area contributed by atoms with Gasteiger partial charge in [-0.2, -0.15) is 0 Å². The first-order chi connectivity index (χ1) is 11.8. The zero-order chi connectivity index (χ0) is 18.3. The molecule has 1 fully saturated rings. The number of nitrogens with two attached hydrogens (primary N) is 1. The van der Waals surface area contributed by atoms with Gasteiger partial charge in [0.05, 0.1) is 17.4 Å². The fourth-order valence-corrected chi connectivity index (χ4v) is 3.18. The highest BCUT2D eigenvalue weighted by atomic mass is 19.1. The van der Waals surface area contributed by atoms with Gasteiger partial charge in [0.2, 0.25) is 5.43 Å². The number of anilines is 1. The number of carbonyl (C=O) groups is 1. The van der Waals surface area contributed by atoms with Crippen molar-refractivity contribution >= 4 is 22.6 Å². The van der Waals surface area contributed by atoms with E-state index >= 15 is 4.39 Å². The fourth-order valence-electron chi connectivity index (χ4n) is 3.18. The average molecular weight is 355 g/mol. The molecule has 0 bridgehead atoms. The van der Waals surface area contributed by atoms with E-state index in [9.17, 15) is 18.4 Å². The van der Waals surface area contributed by atoms with Crippen LogP contribution < -0.4 is 16.1 Å². The van der Waals surface area contributed by atoms with E-state index in [-0.39, 0.29) is 30.3 Å². The fraction of sp³-hybridized carbons (Fsp3) is 0.375. The summed E-state index contributed by atoms with van der Waals surface area (Å²) in [7, 11) is 0. The van der Waals surface area contributed by atoms with E-state index < -0.39 is 40.7 Å². The van der Waals surface area contributed by atoms with Crippen molar-refractivity contribution in [2.75, 3.05) is 24.7 Å². The first kappa shape index (κ1) is 17.3. The van der Waals surface area contributed by atoms with Gasteiger partial charge >= 0.3 is 5.97 Å². The Labute approximate surface area is 140 Å². The smallest absolute Gasteiger partial charge is 0.341 e. The number of carboxylic acid groups (broad SMARTS) is 1. The Morgan fingerprint density at radius 1 is 1.40 bits per heavy atom. The molecule has 3 rings (SSSR count). The van der Waals surface area contributed by atoms with Gasteiger partial charge in [0.1, 0.15) is 23.7 Å². The third-order valence-corrected chi connectivity index (χ3v) is 4.33. The molecular formula is C16H16F3N3O3. The zero-order valence-corrected chi connectivity index (χ0v) is 13.1. The molecular weight excluding hydrogens is 339 g/mol. The number of hydrogen-bond acceptors (Lipinski definition) is 4. The molecule has 1 saturated heterocycles. The first-order valence-electron chi connectivity index (χ1n) is 7.70. The molecule has 6 nitrogen and oxygen atoms in total. The van der Waals surface area contributed by atoms with E-state index in [0.29, 0.717) is 13.0 Å². The topological polar surface area (TPSA) is 88.6 Å². The lowest BCUT2D eigenvalue weighted by atomic mass is 10.1. The van der Waals surface area contributed by atoms with Crippen LogP contribution in [0, 0.1) is 11.6 Å². The third-order valence-electron chi connectivity index (χ3n) is 4.33. The summed E-state index contributed by atoms with van der Waals surface area (Å²) in [6, 6.07) is 0.582. The zero-order valence-electron chi connectivity index (χ0n) is 13.1. The number of pyridine rings is 1. The first-order valence-corrected chi connectivity index (χ1v) is 7.70. The Morgan fingerprint density at radius 3 is 2.68 bits per heavy atom. The van der Waals surface area contributed by atoms with Gasteiger partial charge in [-0.25, -0.2) is 18.0 Å². The number of hydrogen-bond donors (Lipinski definition) is 2. The monoisotopic (exact) mass is 355 g/mol. The van der Waals surface area contributed by atoms with Gasteiger partial charge in [0, 0.05) is 25.3 Å². The largest absolute Gasteiger partial charge is 0.477 e.